The molecule has 0 aromatic heterocycles. The van der Waals surface area contributed by atoms with E-state index in [0.29, 0.717) is 19.1 Å². The molecule has 5 nitrogen and oxygen atoms in total. The van der Waals surface area contributed by atoms with Crippen LogP contribution in [0.2, 0.25) is 0 Å². The van der Waals surface area contributed by atoms with E-state index in [1.165, 1.54) is 5.56 Å². The highest BCUT2D eigenvalue weighted by Gasteiger charge is 2.35. The van der Waals surface area contributed by atoms with Gasteiger partial charge in [-0.15, -0.1) is 0 Å². The van der Waals surface area contributed by atoms with Gasteiger partial charge in [0.2, 0.25) is 11.8 Å². The number of carbonyl (C=O) groups is 2. The van der Waals surface area contributed by atoms with Gasteiger partial charge in [-0.2, -0.15) is 0 Å². The molecule has 1 aliphatic rings. The first-order valence-electron chi connectivity index (χ1n) is 10.5. The van der Waals surface area contributed by atoms with Crippen molar-refractivity contribution in [1.29, 1.82) is 0 Å². The maximum atomic E-state index is 12.7. The van der Waals surface area contributed by atoms with Crippen molar-refractivity contribution in [3.8, 4) is 5.75 Å². The molecule has 2 atom stereocenters. The third kappa shape index (κ3) is 5.17. The fourth-order valence-corrected chi connectivity index (χ4v) is 3.45. The van der Waals surface area contributed by atoms with Crippen molar-refractivity contribution in [1.82, 2.24) is 0 Å². The molecule has 1 N–H and O–H groups in total. The van der Waals surface area contributed by atoms with E-state index in [-0.39, 0.29) is 24.2 Å². The molecule has 1 saturated heterocycles. The van der Waals surface area contributed by atoms with E-state index in [0.717, 1.165) is 30.0 Å². The standard InChI is InChI=1S/C24H30N2O3/c1-4-14-29-22-12-10-21(11-13-22)26-16-19(15-23(26)27)24(28)25-20-8-6-18(7-9-20)17(3)5-2/h6-13,17,19H,4-5,14-16H2,1-3H3,(H,25,28)/t17-,19-/m1/s1. The van der Waals surface area contributed by atoms with E-state index in [1.807, 2.05) is 36.4 Å². The molecule has 2 aromatic carbocycles. The zero-order valence-corrected chi connectivity index (χ0v) is 17.5. The quantitative estimate of drug-likeness (QED) is 0.687. The van der Waals surface area contributed by atoms with E-state index < -0.39 is 0 Å². The van der Waals surface area contributed by atoms with Crippen LogP contribution in [0.1, 0.15) is 51.5 Å². The number of rotatable bonds is 8. The number of amides is 2. The van der Waals surface area contributed by atoms with Crippen molar-refractivity contribution >= 4 is 23.2 Å². The zero-order valence-electron chi connectivity index (χ0n) is 17.5. The number of benzene rings is 2. The van der Waals surface area contributed by atoms with Crippen LogP contribution in [0.25, 0.3) is 0 Å². The lowest BCUT2D eigenvalue weighted by atomic mass is 9.98. The third-order valence-corrected chi connectivity index (χ3v) is 5.48. The van der Waals surface area contributed by atoms with Gasteiger partial charge in [0.25, 0.3) is 0 Å². The number of anilines is 2. The van der Waals surface area contributed by atoms with Gasteiger partial charge in [0.15, 0.2) is 0 Å². The summed E-state index contributed by atoms with van der Waals surface area (Å²) < 4.78 is 5.59. The summed E-state index contributed by atoms with van der Waals surface area (Å²) >= 11 is 0. The molecule has 0 spiro atoms. The highest BCUT2D eigenvalue weighted by atomic mass is 16.5. The highest BCUT2D eigenvalue weighted by Crippen LogP contribution is 2.28. The molecule has 0 bridgehead atoms. The summed E-state index contributed by atoms with van der Waals surface area (Å²) in [6, 6.07) is 15.4. The van der Waals surface area contributed by atoms with Gasteiger partial charge in [0, 0.05) is 24.3 Å². The minimum absolute atomic E-state index is 0.0282. The van der Waals surface area contributed by atoms with E-state index in [1.54, 1.807) is 4.90 Å². The molecule has 0 aliphatic carbocycles. The van der Waals surface area contributed by atoms with Gasteiger partial charge in [-0.25, -0.2) is 0 Å². The van der Waals surface area contributed by atoms with Crippen LogP contribution in [0.4, 0.5) is 11.4 Å². The van der Waals surface area contributed by atoms with E-state index in [4.69, 9.17) is 4.74 Å². The summed E-state index contributed by atoms with van der Waals surface area (Å²) in [7, 11) is 0. The molecule has 5 heteroatoms. The summed E-state index contributed by atoms with van der Waals surface area (Å²) in [5.41, 5.74) is 2.83. The van der Waals surface area contributed by atoms with Crippen LogP contribution >= 0.6 is 0 Å². The Kier molecular flexibility index (Phi) is 6.91. The molecule has 1 heterocycles. The molecule has 0 unspecified atom stereocenters. The molecule has 1 aliphatic heterocycles. The number of nitrogens with zero attached hydrogens (tertiary/aromatic N) is 1. The molecule has 1 fully saturated rings. The average molecular weight is 395 g/mol. The minimum atomic E-state index is -0.354. The van der Waals surface area contributed by atoms with Gasteiger partial charge in [0.05, 0.1) is 12.5 Å². The topological polar surface area (TPSA) is 58.6 Å². The lowest BCUT2D eigenvalue weighted by Crippen LogP contribution is -2.28. The summed E-state index contributed by atoms with van der Waals surface area (Å²) in [4.78, 5) is 26.8. The third-order valence-electron chi connectivity index (χ3n) is 5.48. The van der Waals surface area contributed by atoms with Gasteiger partial charge in [-0.3, -0.25) is 9.59 Å². The Balaban J connectivity index is 1.60. The Morgan fingerprint density at radius 3 is 2.45 bits per heavy atom. The monoisotopic (exact) mass is 394 g/mol. The Hall–Kier alpha value is -2.82. The highest BCUT2D eigenvalue weighted by molar-refractivity contribution is 6.03. The Bertz CT molecular complexity index is 830. The lowest BCUT2D eigenvalue weighted by Gasteiger charge is -2.17. The van der Waals surface area contributed by atoms with Crippen molar-refractivity contribution in [2.45, 2.75) is 46.0 Å². The van der Waals surface area contributed by atoms with Gasteiger partial charge >= 0.3 is 0 Å². The molecule has 3 rings (SSSR count). The molecule has 29 heavy (non-hydrogen) atoms. The SMILES string of the molecule is CCCOc1ccc(N2C[C@H](C(=O)Nc3ccc([C@H](C)CC)cc3)CC2=O)cc1. The van der Waals surface area contributed by atoms with Crippen molar-refractivity contribution < 1.29 is 14.3 Å². The van der Waals surface area contributed by atoms with Crippen LogP contribution < -0.4 is 15.0 Å². The molecule has 2 amide bonds. The molecule has 2 aromatic rings. The van der Waals surface area contributed by atoms with E-state index in [9.17, 15) is 9.59 Å². The van der Waals surface area contributed by atoms with Crippen LogP contribution in [0.3, 0.4) is 0 Å². The Morgan fingerprint density at radius 1 is 1.14 bits per heavy atom. The minimum Gasteiger partial charge on any atom is -0.494 e. The van der Waals surface area contributed by atoms with Gasteiger partial charge in [-0.05, 0) is 60.7 Å². The molecular formula is C24H30N2O3. The van der Waals surface area contributed by atoms with Gasteiger partial charge in [0.1, 0.15) is 5.75 Å². The number of carbonyl (C=O) groups excluding carboxylic acids is 2. The number of hydrogen-bond donors (Lipinski definition) is 1. The van der Waals surface area contributed by atoms with E-state index >= 15 is 0 Å². The lowest BCUT2D eigenvalue weighted by molar-refractivity contribution is -0.122. The second-order valence-corrected chi connectivity index (χ2v) is 7.67. The Morgan fingerprint density at radius 2 is 1.83 bits per heavy atom. The van der Waals surface area contributed by atoms with Gasteiger partial charge in [-0.1, -0.05) is 32.9 Å². The molecule has 154 valence electrons. The largest absolute Gasteiger partial charge is 0.494 e. The summed E-state index contributed by atoms with van der Waals surface area (Å²) in [5, 5.41) is 2.96. The number of ether oxygens (including phenoxy) is 1. The van der Waals surface area contributed by atoms with Crippen LogP contribution in [0.5, 0.6) is 5.75 Å². The van der Waals surface area contributed by atoms with Crippen LogP contribution in [0.15, 0.2) is 48.5 Å². The Labute approximate surface area is 173 Å². The summed E-state index contributed by atoms with van der Waals surface area (Å²) in [6.07, 6.45) is 2.26. The second-order valence-electron chi connectivity index (χ2n) is 7.67. The van der Waals surface area contributed by atoms with Gasteiger partial charge < -0.3 is 15.0 Å². The maximum absolute atomic E-state index is 12.7. The first kappa shape index (κ1) is 20.9. The average Bonchev–Trinajstić information content (AvgIpc) is 3.14. The summed E-state index contributed by atoms with van der Waals surface area (Å²) in [5.74, 6) is 0.796. The van der Waals surface area contributed by atoms with E-state index in [2.05, 4.69) is 38.2 Å². The fourth-order valence-electron chi connectivity index (χ4n) is 3.45. The van der Waals surface area contributed by atoms with Crippen LogP contribution in [-0.4, -0.2) is 25.0 Å². The summed E-state index contributed by atoms with van der Waals surface area (Å²) in [6.45, 7) is 7.47. The molecule has 0 radical (unpaired) electrons. The van der Waals surface area contributed by atoms with Crippen LogP contribution in [-0.2, 0) is 9.59 Å². The predicted molar refractivity (Wildman–Crippen MR) is 116 cm³/mol. The number of hydrogen-bond acceptors (Lipinski definition) is 3. The first-order valence-corrected chi connectivity index (χ1v) is 10.5. The van der Waals surface area contributed by atoms with Crippen molar-refractivity contribution in [3.05, 3.63) is 54.1 Å². The predicted octanol–water partition coefficient (Wildman–Crippen LogP) is 4.98. The van der Waals surface area contributed by atoms with Crippen molar-refractivity contribution in [3.63, 3.8) is 0 Å². The van der Waals surface area contributed by atoms with Crippen molar-refractivity contribution in [2.75, 3.05) is 23.4 Å². The molecule has 0 saturated carbocycles. The van der Waals surface area contributed by atoms with Crippen LogP contribution in [0, 0.1) is 5.92 Å². The second kappa shape index (κ2) is 9.59. The smallest absolute Gasteiger partial charge is 0.229 e. The zero-order chi connectivity index (χ0) is 20.8. The maximum Gasteiger partial charge on any atom is 0.229 e. The fraction of sp³-hybridized carbons (Fsp3) is 0.417. The van der Waals surface area contributed by atoms with Crippen molar-refractivity contribution in [2.24, 2.45) is 5.92 Å². The first-order chi connectivity index (χ1) is 14.0. The normalized spacial score (nSPS) is 17.3. The number of nitrogens with one attached hydrogen (secondary N) is 1. The molecular weight excluding hydrogens is 364 g/mol.